The van der Waals surface area contributed by atoms with E-state index in [4.69, 9.17) is 0 Å². The fourth-order valence-electron chi connectivity index (χ4n) is 4.09. The first-order valence-corrected chi connectivity index (χ1v) is 10.5. The largest absolute Gasteiger partial charge is 0.149 e. The van der Waals surface area contributed by atoms with Crippen LogP contribution in [0.2, 0.25) is 0 Å². The van der Waals surface area contributed by atoms with Gasteiger partial charge in [-0.15, -0.1) is 11.8 Å². The molecule has 0 saturated carbocycles. The van der Waals surface area contributed by atoms with Crippen LogP contribution in [-0.2, 0) is 0 Å². The molecule has 0 amide bonds. The van der Waals surface area contributed by atoms with Crippen molar-refractivity contribution in [3.63, 3.8) is 0 Å². The molecule has 0 fully saturated rings. The van der Waals surface area contributed by atoms with Crippen LogP contribution in [0.4, 0.5) is 0 Å². The van der Waals surface area contributed by atoms with E-state index in [2.05, 4.69) is 90.6 Å². The molecular formula is C23H36S. The minimum atomic E-state index is 0.134. The van der Waals surface area contributed by atoms with Crippen molar-refractivity contribution in [1.82, 2.24) is 0 Å². The van der Waals surface area contributed by atoms with Crippen molar-refractivity contribution in [3.8, 4) is 0 Å². The highest BCUT2D eigenvalue weighted by atomic mass is 32.2. The minimum Gasteiger partial charge on any atom is -0.149 e. The lowest BCUT2D eigenvalue weighted by atomic mass is 9.61. The predicted molar refractivity (Wildman–Crippen MR) is 112 cm³/mol. The van der Waals surface area contributed by atoms with Gasteiger partial charge in [-0.3, -0.25) is 0 Å². The summed E-state index contributed by atoms with van der Waals surface area (Å²) < 4.78 is 0.153. The SMILES string of the molecule is CCCCSC1(C(C)(C)C2=CCC=C2)CC=C(C)C=C1C(C)(C)C. The minimum absolute atomic E-state index is 0.134. The zero-order valence-corrected chi connectivity index (χ0v) is 17.6. The van der Waals surface area contributed by atoms with Crippen LogP contribution in [0.3, 0.4) is 0 Å². The van der Waals surface area contributed by atoms with Crippen LogP contribution in [0.1, 0.15) is 74.1 Å². The molecule has 0 N–H and O–H groups in total. The first-order valence-electron chi connectivity index (χ1n) is 9.55. The van der Waals surface area contributed by atoms with Gasteiger partial charge in [0.1, 0.15) is 0 Å². The normalized spacial score (nSPS) is 24.7. The van der Waals surface area contributed by atoms with Gasteiger partial charge in [0.2, 0.25) is 0 Å². The monoisotopic (exact) mass is 344 g/mol. The molecule has 0 aromatic heterocycles. The zero-order chi connectivity index (χ0) is 18.0. The second kappa shape index (κ2) is 7.28. The van der Waals surface area contributed by atoms with E-state index in [9.17, 15) is 0 Å². The van der Waals surface area contributed by atoms with Crippen molar-refractivity contribution in [2.45, 2.75) is 78.9 Å². The summed E-state index contributed by atoms with van der Waals surface area (Å²) in [6.45, 7) is 16.7. The molecular weight excluding hydrogens is 308 g/mol. The van der Waals surface area contributed by atoms with Crippen LogP contribution in [0.25, 0.3) is 0 Å². The molecule has 24 heavy (non-hydrogen) atoms. The van der Waals surface area contributed by atoms with Crippen molar-refractivity contribution in [3.05, 3.63) is 47.1 Å². The summed E-state index contributed by atoms with van der Waals surface area (Å²) in [7, 11) is 0. The molecule has 2 rings (SSSR count). The molecule has 0 aliphatic heterocycles. The van der Waals surface area contributed by atoms with Gasteiger partial charge in [-0.05, 0) is 48.5 Å². The Bertz CT molecular complexity index is 578. The molecule has 1 unspecified atom stereocenters. The topological polar surface area (TPSA) is 0 Å². The Kier molecular flexibility index (Phi) is 5.95. The third kappa shape index (κ3) is 3.62. The molecule has 0 spiro atoms. The third-order valence-corrected chi connectivity index (χ3v) is 7.56. The van der Waals surface area contributed by atoms with Crippen molar-refractivity contribution in [1.29, 1.82) is 0 Å². The molecule has 2 aliphatic rings. The fourth-order valence-corrected chi connectivity index (χ4v) is 6.08. The van der Waals surface area contributed by atoms with Crippen molar-refractivity contribution in [2.75, 3.05) is 5.75 Å². The van der Waals surface area contributed by atoms with Gasteiger partial charge in [-0.1, -0.05) is 83.9 Å². The fraction of sp³-hybridized carbons (Fsp3) is 0.652. The predicted octanol–water partition coefficient (Wildman–Crippen LogP) is 7.49. The highest BCUT2D eigenvalue weighted by molar-refractivity contribution is 8.00. The number of thioether (sulfide) groups is 1. The lowest BCUT2D eigenvalue weighted by Gasteiger charge is -2.53. The maximum Gasteiger partial charge on any atom is 0.0501 e. The standard InChI is InChI=1S/C23H36S/c1-8-9-16-24-23(22(6,7)19-12-10-11-13-19)15-14-18(2)17-20(23)21(3,4)5/h10,12-14,17H,8-9,11,15-16H2,1-7H3. The van der Waals surface area contributed by atoms with Crippen LogP contribution in [0.15, 0.2) is 47.1 Å². The molecule has 1 atom stereocenters. The lowest BCUT2D eigenvalue weighted by Crippen LogP contribution is -2.48. The van der Waals surface area contributed by atoms with Gasteiger partial charge in [0.15, 0.2) is 0 Å². The first-order chi connectivity index (χ1) is 11.1. The van der Waals surface area contributed by atoms with E-state index >= 15 is 0 Å². The van der Waals surface area contributed by atoms with Gasteiger partial charge in [0.05, 0.1) is 4.75 Å². The average Bonchev–Trinajstić information content (AvgIpc) is 3.03. The van der Waals surface area contributed by atoms with E-state index in [-0.39, 0.29) is 15.6 Å². The molecule has 0 radical (unpaired) electrons. The van der Waals surface area contributed by atoms with Gasteiger partial charge in [0.25, 0.3) is 0 Å². The lowest BCUT2D eigenvalue weighted by molar-refractivity contribution is 0.300. The van der Waals surface area contributed by atoms with E-state index in [1.807, 2.05) is 0 Å². The van der Waals surface area contributed by atoms with Gasteiger partial charge in [-0.2, -0.15) is 0 Å². The van der Waals surface area contributed by atoms with Crippen LogP contribution in [0.5, 0.6) is 0 Å². The summed E-state index contributed by atoms with van der Waals surface area (Å²) in [5.74, 6) is 1.25. The van der Waals surface area contributed by atoms with Crippen LogP contribution >= 0.6 is 11.8 Å². The molecule has 0 aromatic rings. The summed E-state index contributed by atoms with van der Waals surface area (Å²) in [4.78, 5) is 0. The van der Waals surface area contributed by atoms with E-state index in [1.54, 1.807) is 5.57 Å². The second-order valence-corrected chi connectivity index (χ2v) is 10.3. The summed E-state index contributed by atoms with van der Waals surface area (Å²) in [5.41, 5.74) is 4.90. The Morgan fingerprint density at radius 2 is 1.83 bits per heavy atom. The maximum atomic E-state index is 2.49. The van der Waals surface area contributed by atoms with Gasteiger partial charge in [-0.25, -0.2) is 0 Å². The van der Waals surface area contributed by atoms with Crippen LogP contribution in [-0.4, -0.2) is 10.5 Å². The number of rotatable bonds is 6. The van der Waals surface area contributed by atoms with E-state index in [1.165, 1.54) is 29.7 Å². The molecule has 2 aliphatic carbocycles. The molecule has 0 nitrogen and oxygen atoms in total. The smallest absolute Gasteiger partial charge is 0.0501 e. The molecule has 1 heteroatoms. The number of hydrogen-bond donors (Lipinski definition) is 0. The van der Waals surface area contributed by atoms with Crippen molar-refractivity contribution < 1.29 is 0 Å². The molecule has 134 valence electrons. The Morgan fingerprint density at radius 3 is 2.38 bits per heavy atom. The highest BCUT2D eigenvalue weighted by Gasteiger charge is 2.52. The molecule has 0 aromatic carbocycles. The quantitative estimate of drug-likeness (QED) is 0.450. The Morgan fingerprint density at radius 1 is 1.12 bits per heavy atom. The second-order valence-electron chi connectivity index (χ2n) is 8.91. The maximum absolute atomic E-state index is 2.49. The Hall–Kier alpha value is -0.690. The summed E-state index contributed by atoms with van der Waals surface area (Å²) in [6.07, 6.45) is 16.9. The molecule has 0 saturated heterocycles. The highest BCUT2D eigenvalue weighted by Crippen LogP contribution is 2.60. The molecule has 0 heterocycles. The van der Waals surface area contributed by atoms with E-state index < -0.39 is 0 Å². The van der Waals surface area contributed by atoms with Crippen LogP contribution < -0.4 is 0 Å². The first kappa shape index (κ1) is 19.6. The average molecular weight is 345 g/mol. The van der Waals surface area contributed by atoms with E-state index in [0.717, 1.165) is 12.8 Å². The van der Waals surface area contributed by atoms with Gasteiger partial charge in [0, 0.05) is 5.41 Å². The Labute approximate surface area is 154 Å². The number of unbranched alkanes of at least 4 members (excludes halogenated alkanes) is 1. The third-order valence-electron chi connectivity index (χ3n) is 5.68. The van der Waals surface area contributed by atoms with E-state index in [0.29, 0.717) is 0 Å². The Balaban J connectivity index is 2.55. The number of allylic oxidation sites excluding steroid dienone is 7. The summed E-state index contributed by atoms with van der Waals surface area (Å²) >= 11 is 2.21. The van der Waals surface area contributed by atoms with Crippen molar-refractivity contribution >= 4 is 11.8 Å². The van der Waals surface area contributed by atoms with Crippen LogP contribution in [0, 0.1) is 10.8 Å². The van der Waals surface area contributed by atoms with Gasteiger partial charge < -0.3 is 0 Å². The zero-order valence-electron chi connectivity index (χ0n) is 16.8. The number of hydrogen-bond acceptors (Lipinski definition) is 1. The van der Waals surface area contributed by atoms with Gasteiger partial charge >= 0.3 is 0 Å². The molecule has 0 bridgehead atoms. The summed E-state index contributed by atoms with van der Waals surface area (Å²) in [6, 6.07) is 0. The summed E-state index contributed by atoms with van der Waals surface area (Å²) in [5, 5.41) is 0. The van der Waals surface area contributed by atoms with Crippen molar-refractivity contribution in [2.24, 2.45) is 10.8 Å².